The Morgan fingerprint density at radius 3 is 2.77 bits per heavy atom. The standard InChI is InChI=1S/C27H34N6O2/c1-2-35-24-10-4-19(16-28-24)18-3-9-23-22(15-18)25-26(29-17-30-27(25)32-23)31-20-5-7-21(8-6-20)33-11-13-34-14-12-33/h3,9-10,15-17,19-21H,2,4-8,11-14H2,1H3,(H2,29,30,31,32). The molecular formula is C27H34N6O2. The van der Waals surface area contributed by atoms with Gasteiger partial charge in [-0.2, -0.15) is 0 Å². The molecule has 1 saturated carbocycles. The monoisotopic (exact) mass is 474 g/mol. The van der Waals surface area contributed by atoms with E-state index in [9.17, 15) is 0 Å². The topological polar surface area (TPSA) is 87.7 Å². The van der Waals surface area contributed by atoms with Gasteiger partial charge in [0.15, 0.2) is 0 Å². The summed E-state index contributed by atoms with van der Waals surface area (Å²) in [6.07, 6.45) is 11.4. The van der Waals surface area contributed by atoms with Gasteiger partial charge < -0.3 is 19.8 Å². The number of aromatic nitrogens is 3. The van der Waals surface area contributed by atoms with Crippen molar-refractivity contribution in [2.45, 2.75) is 57.0 Å². The molecule has 0 radical (unpaired) electrons. The number of benzene rings is 1. The molecule has 0 bridgehead atoms. The van der Waals surface area contributed by atoms with Crippen molar-refractivity contribution in [3.8, 4) is 0 Å². The van der Waals surface area contributed by atoms with Crippen LogP contribution in [0.15, 0.2) is 41.5 Å². The van der Waals surface area contributed by atoms with Crippen molar-refractivity contribution in [1.29, 1.82) is 0 Å². The Bertz CT molecular complexity index is 1240. The van der Waals surface area contributed by atoms with E-state index >= 15 is 0 Å². The molecule has 2 fully saturated rings. The molecule has 35 heavy (non-hydrogen) atoms. The maximum Gasteiger partial charge on any atom is 0.208 e. The fraction of sp³-hybridized carbons (Fsp3) is 0.519. The van der Waals surface area contributed by atoms with E-state index in [-0.39, 0.29) is 5.92 Å². The first kappa shape index (κ1) is 22.5. The number of fused-ring (bicyclic) bond motifs is 3. The van der Waals surface area contributed by atoms with Crippen molar-refractivity contribution in [2.24, 2.45) is 4.99 Å². The fourth-order valence-corrected chi connectivity index (χ4v) is 5.77. The van der Waals surface area contributed by atoms with Gasteiger partial charge in [0, 0.05) is 48.2 Å². The first-order chi connectivity index (χ1) is 17.3. The van der Waals surface area contributed by atoms with Crippen LogP contribution in [0.5, 0.6) is 0 Å². The summed E-state index contributed by atoms with van der Waals surface area (Å²) in [5.74, 6) is 1.90. The smallest absolute Gasteiger partial charge is 0.208 e. The average Bonchev–Trinajstić information content (AvgIpc) is 3.29. The zero-order chi connectivity index (χ0) is 23.6. The summed E-state index contributed by atoms with van der Waals surface area (Å²) in [6, 6.07) is 7.73. The van der Waals surface area contributed by atoms with Gasteiger partial charge in [0.25, 0.3) is 0 Å². The fourth-order valence-electron chi connectivity index (χ4n) is 5.77. The van der Waals surface area contributed by atoms with Gasteiger partial charge in [0.1, 0.15) is 17.8 Å². The summed E-state index contributed by atoms with van der Waals surface area (Å²) in [6.45, 7) is 6.51. The highest BCUT2D eigenvalue weighted by Crippen LogP contribution is 2.34. The molecule has 3 aromatic rings. The lowest BCUT2D eigenvalue weighted by Gasteiger charge is -2.39. The minimum Gasteiger partial charge on any atom is -0.478 e. The lowest BCUT2D eigenvalue weighted by molar-refractivity contribution is 0.00791. The van der Waals surface area contributed by atoms with Crippen LogP contribution in [0.4, 0.5) is 5.82 Å². The van der Waals surface area contributed by atoms with Crippen LogP contribution in [0.25, 0.3) is 21.9 Å². The van der Waals surface area contributed by atoms with E-state index in [0.717, 1.165) is 79.2 Å². The molecule has 6 rings (SSSR count). The van der Waals surface area contributed by atoms with Crippen LogP contribution in [0.2, 0.25) is 0 Å². The summed E-state index contributed by atoms with van der Waals surface area (Å²) in [4.78, 5) is 19.8. The maximum atomic E-state index is 5.54. The Morgan fingerprint density at radius 1 is 1.14 bits per heavy atom. The number of H-pyrrole nitrogens is 1. The zero-order valence-corrected chi connectivity index (χ0v) is 20.4. The number of rotatable bonds is 6. The van der Waals surface area contributed by atoms with Crippen molar-refractivity contribution >= 4 is 34.0 Å². The van der Waals surface area contributed by atoms with Gasteiger partial charge in [-0.25, -0.2) is 15.0 Å². The molecule has 1 saturated heterocycles. The van der Waals surface area contributed by atoms with Gasteiger partial charge in [-0.3, -0.25) is 4.90 Å². The van der Waals surface area contributed by atoms with Crippen LogP contribution in [-0.4, -0.2) is 71.1 Å². The number of allylic oxidation sites excluding steroid dienone is 1. The van der Waals surface area contributed by atoms with E-state index in [1.54, 1.807) is 6.33 Å². The number of hydrogen-bond acceptors (Lipinski definition) is 7. The first-order valence-corrected chi connectivity index (χ1v) is 13.0. The van der Waals surface area contributed by atoms with E-state index < -0.39 is 0 Å². The zero-order valence-electron chi connectivity index (χ0n) is 20.4. The largest absolute Gasteiger partial charge is 0.478 e. The van der Waals surface area contributed by atoms with Gasteiger partial charge in [-0.05, 0) is 62.8 Å². The number of morpholine rings is 1. The van der Waals surface area contributed by atoms with Crippen molar-refractivity contribution in [3.63, 3.8) is 0 Å². The van der Waals surface area contributed by atoms with Crippen molar-refractivity contribution in [3.05, 3.63) is 42.0 Å². The number of anilines is 1. The van der Waals surface area contributed by atoms with E-state index in [2.05, 4.69) is 54.4 Å². The minimum absolute atomic E-state index is 0.241. The van der Waals surface area contributed by atoms with E-state index in [4.69, 9.17) is 9.47 Å². The molecule has 8 heteroatoms. The van der Waals surface area contributed by atoms with Crippen molar-refractivity contribution < 1.29 is 9.47 Å². The predicted molar refractivity (Wildman–Crippen MR) is 139 cm³/mol. The van der Waals surface area contributed by atoms with Crippen LogP contribution in [0.1, 0.15) is 50.5 Å². The second-order valence-electron chi connectivity index (χ2n) is 9.77. The van der Waals surface area contributed by atoms with E-state index in [0.29, 0.717) is 18.7 Å². The molecule has 2 N–H and O–H groups in total. The third-order valence-electron chi connectivity index (χ3n) is 7.66. The molecule has 3 aliphatic rings. The number of ether oxygens (including phenoxy) is 2. The van der Waals surface area contributed by atoms with Crippen LogP contribution in [0.3, 0.4) is 0 Å². The third kappa shape index (κ3) is 4.65. The van der Waals surface area contributed by atoms with E-state index in [1.165, 1.54) is 18.4 Å². The van der Waals surface area contributed by atoms with Crippen LogP contribution in [0, 0.1) is 0 Å². The Kier molecular flexibility index (Phi) is 6.39. The molecular weight excluding hydrogens is 440 g/mol. The second kappa shape index (κ2) is 9.95. The molecule has 184 valence electrons. The van der Waals surface area contributed by atoms with Gasteiger partial charge in [0.05, 0.1) is 25.2 Å². The van der Waals surface area contributed by atoms with Gasteiger partial charge in [-0.1, -0.05) is 6.07 Å². The number of aromatic amines is 1. The summed E-state index contributed by atoms with van der Waals surface area (Å²) in [5.41, 5.74) is 3.21. The van der Waals surface area contributed by atoms with Crippen LogP contribution >= 0.6 is 0 Å². The normalized spacial score (nSPS) is 25.6. The molecule has 1 aliphatic carbocycles. The second-order valence-corrected chi connectivity index (χ2v) is 9.77. The lowest BCUT2D eigenvalue weighted by Crippen LogP contribution is -2.46. The molecule has 1 unspecified atom stereocenters. The highest BCUT2D eigenvalue weighted by molar-refractivity contribution is 6.11. The molecule has 8 nitrogen and oxygen atoms in total. The molecule has 1 aromatic carbocycles. The van der Waals surface area contributed by atoms with E-state index in [1.807, 2.05) is 13.1 Å². The highest BCUT2D eigenvalue weighted by atomic mass is 16.5. The van der Waals surface area contributed by atoms with Crippen molar-refractivity contribution in [1.82, 2.24) is 19.9 Å². The van der Waals surface area contributed by atoms with Crippen LogP contribution in [-0.2, 0) is 9.47 Å². The summed E-state index contributed by atoms with van der Waals surface area (Å²) in [5, 5.41) is 6.02. The Labute approximate surface area is 205 Å². The maximum absolute atomic E-state index is 5.54. The SMILES string of the molecule is CCOC1=CCC(c2ccc3[nH]c4ncnc(NC5CCC(N6CCOCC6)CC5)c4c3c2)C=N1. The first-order valence-electron chi connectivity index (χ1n) is 13.0. The third-order valence-corrected chi connectivity index (χ3v) is 7.66. The lowest BCUT2D eigenvalue weighted by atomic mass is 9.90. The molecule has 4 heterocycles. The average molecular weight is 475 g/mol. The summed E-state index contributed by atoms with van der Waals surface area (Å²) < 4.78 is 11.1. The molecule has 2 aromatic heterocycles. The van der Waals surface area contributed by atoms with Gasteiger partial charge >= 0.3 is 0 Å². The predicted octanol–water partition coefficient (Wildman–Crippen LogP) is 4.60. The minimum atomic E-state index is 0.241. The molecule has 0 amide bonds. The van der Waals surface area contributed by atoms with Gasteiger partial charge in [0.2, 0.25) is 5.88 Å². The number of aliphatic imine (C=N–C) groups is 1. The number of nitrogens with one attached hydrogen (secondary N) is 2. The number of hydrogen-bond donors (Lipinski definition) is 2. The molecule has 2 aliphatic heterocycles. The van der Waals surface area contributed by atoms with Gasteiger partial charge in [-0.15, -0.1) is 0 Å². The molecule has 1 atom stereocenters. The Balaban J connectivity index is 1.21. The Morgan fingerprint density at radius 2 is 2.00 bits per heavy atom. The number of nitrogens with zero attached hydrogens (tertiary/aromatic N) is 4. The van der Waals surface area contributed by atoms with Crippen LogP contribution < -0.4 is 5.32 Å². The van der Waals surface area contributed by atoms with Crippen molar-refractivity contribution in [2.75, 3.05) is 38.2 Å². The Hall–Kier alpha value is -2.97. The summed E-state index contributed by atoms with van der Waals surface area (Å²) in [7, 11) is 0. The quantitative estimate of drug-likeness (QED) is 0.543. The summed E-state index contributed by atoms with van der Waals surface area (Å²) >= 11 is 0. The molecule has 0 spiro atoms. The highest BCUT2D eigenvalue weighted by Gasteiger charge is 2.27.